The van der Waals surface area contributed by atoms with Gasteiger partial charge in [-0.25, -0.2) is 0 Å². The summed E-state index contributed by atoms with van der Waals surface area (Å²) in [7, 11) is 2.08. The van der Waals surface area contributed by atoms with E-state index in [4.69, 9.17) is 10.8 Å². The Balaban J connectivity index is 0.000000255. The van der Waals surface area contributed by atoms with E-state index >= 15 is 0 Å². The van der Waals surface area contributed by atoms with Crippen molar-refractivity contribution in [3.63, 3.8) is 0 Å². The number of nitrogens with two attached hydrogens (primary N) is 1. The third-order valence-electron chi connectivity index (χ3n) is 1.70. The van der Waals surface area contributed by atoms with Crippen molar-refractivity contribution in [1.29, 1.82) is 0 Å². The van der Waals surface area contributed by atoms with Crippen LogP contribution in [0.25, 0.3) is 0 Å². The van der Waals surface area contributed by atoms with E-state index in [9.17, 15) is 4.79 Å². The maximum atomic E-state index is 9.52. The number of carbonyl (C=O) groups is 1. The smallest absolute Gasteiger partial charge is 0.304 e. The summed E-state index contributed by atoms with van der Waals surface area (Å²) in [6.07, 6.45) is 4.27. The molecule has 0 amide bonds. The molecule has 82 valence electrons. The second-order valence-corrected chi connectivity index (χ2v) is 3.03. The molecule has 1 heterocycles. The lowest BCUT2D eigenvalue weighted by atomic mass is 10.5. The predicted octanol–water partition coefficient (Wildman–Crippen LogP) is 0.102. The Morgan fingerprint density at radius 2 is 2.21 bits per heavy atom. The van der Waals surface area contributed by atoms with Gasteiger partial charge in [0.2, 0.25) is 0 Å². The topological polar surface area (TPSA) is 69.8 Å². The van der Waals surface area contributed by atoms with Crippen LogP contribution in [0.2, 0.25) is 0 Å². The van der Waals surface area contributed by atoms with Crippen LogP contribution in [0, 0.1) is 0 Å². The van der Waals surface area contributed by atoms with Crippen LogP contribution in [0.3, 0.4) is 0 Å². The first-order valence-corrected chi connectivity index (χ1v) is 4.64. The van der Waals surface area contributed by atoms with Gasteiger partial charge in [0.05, 0.1) is 13.1 Å². The monoisotopic (exact) mass is 201 g/mol. The zero-order valence-corrected chi connectivity index (χ0v) is 8.81. The lowest BCUT2D eigenvalue weighted by Gasteiger charge is -2.14. The van der Waals surface area contributed by atoms with Gasteiger partial charge in [-0.3, -0.25) is 4.79 Å². The summed E-state index contributed by atoms with van der Waals surface area (Å²) in [6.45, 7) is 4.55. The average molecular weight is 201 g/mol. The summed E-state index contributed by atoms with van der Waals surface area (Å²) in [4.78, 5) is 13.9. The fraction of sp³-hybridized carbons (Fsp3) is 0.667. The molecule has 0 aliphatic carbocycles. The highest BCUT2D eigenvalue weighted by Crippen LogP contribution is 2.00. The minimum absolute atomic E-state index is 0.0694. The second-order valence-electron chi connectivity index (χ2n) is 3.03. The van der Waals surface area contributed by atoms with Crippen LogP contribution in [0.4, 0.5) is 0 Å². The van der Waals surface area contributed by atoms with Gasteiger partial charge in [0.15, 0.2) is 0 Å². The second kappa shape index (κ2) is 7.20. The van der Waals surface area contributed by atoms with Crippen molar-refractivity contribution >= 4 is 5.97 Å². The Bertz CT molecular complexity index is 194. The van der Waals surface area contributed by atoms with E-state index in [1.165, 1.54) is 0 Å². The molecule has 0 saturated heterocycles. The van der Waals surface area contributed by atoms with Crippen LogP contribution in [0.5, 0.6) is 0 Å². The van der Waals surface area contributed by atoms with E-state index in [0.29, 0.717) is 0 Å². The molecule has 5 nitrogen and oxygen atoms in total. The summed E-state index contributed by atoms with van der Waals surface area (Å²) in [5.41, 5.74) is 4.85. The standard InChI is InChI=1S/C6H12N2.C3H7NO2/c1-3-8-5-4-7(2)6-8;4-2-1-3(5)6/h4-5H,3,6H2,1-2H3;1-2,4H2,(H,5,6). The summed E-state index contributed by atoms with van der Waals surface area (Å²) < 4.78 is 0. The first kappa shape index (κ1) is 12.8. The van der Waals surface area contributed by atoms with Gasteiger partial charge in [-0.05, 0) is 6.92 Å². The van der Waals surface area contributed by atoms with Crippen LogP contribution < -0.4 is 5.73 Å². The summed E-state index contributed by atoms with van der Waals surface area (Å²) in [5, 5.41) is 7.83. The van der Waals surface area contributed by atoms with Gasteiger partial charge >= 0.3 is 5.97 Å². The van der Waals surface area contributed by atoms with Crippen molar-refractivity contribution in [2.75, 3.05) is 26.8 Å². The quantitative estimate of drug-likeness (QED) is 0.678. The molecule has 0 spiro atoms. The van der Waals surface area contributed by atoms with Gasteiger partial charge in [0, 0.05) is 32.5 Å². The Kier molecular flexibility index (Phi) is 6.57. The Hall–Kier alpha value is -1.23. The number of carboxylic acids is 1. The highest BCUT2D eigenvalue weighted by Gasteiger charge is 2.03. The van der Waals surface area contributed by atoms with Crippen LogP contribution in [0.15, 0.2) is 12.4 Å². The van der Waals surface area contributed by atoms with Crippen LogP contribution in [-0.2, 0) is 4.79 Å². The first-order valence-electron chi connectivity index (χ1n) is 4.64. The van der Waals surface area contributed by atoms with Crippen molar-refractivity contribution in [3.05, 3.63) is 12.4 Å². The Morgan fingerprint density at radius 1 is 1.57 bits per heavy atom. The van der Waals surface area contributed by atoms with Crippen molar-refractivity contribution in [2.45, 2.75) is 13.3 Å². The summed E-state index contributed by atoms with van der Waals surface area (Å²) in [5.74, 6) is -0.836. The predicted molar refractivity (Wildman–Crippen MR) is 55.5 cm³/mol. The van der Waals surface area contributed by atoms with E-state index in [1.807, 2.05) is 0 Å². The molecule has 0 saturated carbocycles. The summed E-state index contributed by atoms with van der Waals surface area (Å²) >= 11 is 0. The average Bonchev–Trinajstić information content (AvgIpc) is 2.52. The van der Waals surface area contributed by atoms with Gasteiger partial charge in [0.25, 0.3) is 0 Å². The van der Waals surface area contributed by atoms with Crippen LogP contribution in [0.1, 0.15) is 13.3 Å². The fourth-order valence-corrected chi connectivity index (χ4v) is 0.918. The molecule has 0 radical (unpaired) electrons. The molecule has 5 heteroatoms. The molecule has 1 rings (SSSR count). The third kappa shape index (κ3) is 6.30. The van der Waals surface area contributed by atoms with Gasteiger partial charge < -0.3 is 20.6 Å². The van der Waals surface area contributed by atoms with Crippen molar-refractivity contribution < 1.29 is 9.90 Å². The number of hydrogen-bond acceptors (Lipinski definition) is 4. The number of hydrogen-bond donors (Lipinski definition) is 2. The molecule has 1 aliphatic rings. The molecule has 0 bridgehead atoms. The lowest BCUT2D eigenvalue weighted by molar-refractivity contribution is -0.136. The minimum Gasteiger partial charge on any atom is -0.481 e. The van der Waals surface area contributed by atoms with Crippen LogP contribution in [-0.4, -0.2) is 47.7 Å². The molecule has 3 N–H and O–H groups in total. The maximum absolute atomic E-state index is 9.52. The first-order chi connectivity index (χ1) is 6.60. The largest absolute Gasteiger partial charge is 0.481 e. The van der Waals surface area contributed by atoms with E-state index in [1.54, 1.807) is 0 Å². The molecule has 0 fully saturated rings. The van der Waals surface area contributed by atoms with E-state index in [-0.39, 0.29) is 13.0 Å². The van der Waals surface area contributed by atoms with Crippen molar-refractivity contribution in [3.8, 4) is 0 Å². The zero-order valence-electron chi connectivity index (χ0n) is 8.81. The molecule has 0 aromatic rings. The van der Waals surface area contributed by atoms with Crippen LogP contribution >= 0.6 is 0 Å². The molecule has 0 aromatic heterocycles. The minimum atomic E-state index is -0.836. The van der Waals surface area contributed by atoms with E-state index < -0.39 is 5.97 Å². The third-order valence-corrected chi connectivity index (χ3v) is 1.70. The van der Waals surface area contributed by atoms with Gasteiger partial charge in [-0.15, -0.1) is 0 Å². The highest BCUT2D eigenvalue weighted by atomic mass is 16.4. The zero-order chi connectivity index (χ0) is 11.0. The Morgan fingerprint density at radius 3 is 2.36 bits per heavy atom. The molecule has 14 heavy (non-hydrogen) atoms. The van der Waals surface area contributed by atoms with E-state index in [2.05, 4.69) is 36.2 Å². The van der Waals surface area contributed by atoms with E-state index in [0.717, 1.165) is 13.2 Å². The molecule has 0 aromatic carbocycles. The number of aliphatic carboxylic acids is 1. The van der Waals surface area contributed by atoms with Gasteiger partial charge in [-0.2, -0.15) is 0 Å². The maximum Gasteiger partial charge on any atom is 0.304 e. The van der Waals surface area contributed by atoms with Gasteiger partial charge in [-0.1, -0.05) is 0 Å². The molecular weight excluding hydrogens is 182 g/mol. The highest BCUT2D eigenvalue weighted by molar-refractivity contribution is 5.66. The molecule has 1 aliphatic heterocycles. The number of rotatable bonds is 3. The normalized spacial score (nSPS) is 13.9. The molecule has 0 unspecified atom stereocenters. The fourth-order valence-electron chi connectivity index (χ4n) is 0.918. The molecular formula is C9H19N3O2. The lowest BCUT2D eigenvalue weighted by Crippen LogP contribution is -2.21. The van der Waals surface area contributed by atoms with Crippen molar-refractivity contribution in [2.24, 2.45) is 5.73 Å². The number of nitrogens with zero attached hydrogens (tertiary/aromatic N) is 2. The SMILES string of the molecule is CCN1C=CN(C)C1.NCCC(=O)O. The number of carboxylic acid groups (broad SMARTS) is 1. The van der Waals surface area contributed by atoms with Gasteiger partial charge in [0.1, 0.15) is 0 Å². The van der Waals surface area contributed by atoms with Crippen molar-refractivity contribution in [1.82, 2.24) is 9.80 Å². The Labute approximate surface area is 84.8 Å². The summed E-state index contributed by atoms with van der Waals surface area (Å²) in [6, 6.07) is 0. The molecule has 0 atom stereocenters.